The highest BCUT2D eigenvalue weighted by atomic mass is 16.4. The summed E-state index contributed by atoms with van der Waals surface area (Å²) in [7, 11) is 0. The van der Waals surface area contributed by atoms with E-state index in [4.69, 9.17) is 5.11 Å². The van der Waals surface area contributed by atoms with Crippen LogP contribution in [0.3, 0.4) is 0 Å². The number of carboxylic acid groups (broad SMARTS) is 1. The molecule has 0 aliphatic carbocycles. The second-order valence-electron chi connectivity index (χ2n) is 6.61. The van der Waals surface area contributed by atoms with Crippen molar-refractivity contribution in [1.29, 1.82) is 0 Å². The number of benzene rings is 3. The SMILES string of the molecule is Cc1ccccc1C(=O)Nc1ccc(C(=O)NNC(=O)c2ccccc2C(=O)O)cc1. The van der Waals surface area contributed by atoms with E-state index < -0.39 is 17.8 Å². The number of hydrogen-bond acceptors (Lipinski definition) is 4. The summed E-state index contributed by atoms with van der Waals surface area (Å²) in [6.45, 7) is 1.84. The van der Waals surface area contributed by atoms with E-state index in [-0.39, 0.29) is 22.6 Å². The molecule has 0 fully saturated rings. The van der Waals surface area contributed by atoms with E-state index in [2.05, 4.69) is 16.2 Å². The molecule has 0 saturated heterocycles. The number of aryl methyl sites for hydroxylation is 1. The van der Waals surface area contributed by atoms with Crippen LogP contribution in [-0.2, 0) is 0 Å². The smallest absolute Gasteiger partial charge is 0.336 e. The normalized spacial score (nSPS) is 10.1. The summed E-state index contributed by atoms with van der Waals surface area (Å²) in [5.74, 6) is -2.87. The van der Waals surface area contributed by atoms with Gasteiger partial charge in [-0.15, -0.1) is 0 Å². The molecular weight excluding hydrogens is 398 g/mol. The van der Waals surface area contributed by atoms with Gasteiger partial charge in [0.2, 0.25) is 0 Å². The average molecular weight is 417 g/mol. The minimum absolute atomic E-state index is 0.0791. The largest absolute Gasteiger partial charge is 0.478 e. The molecule has 3 aromatic carbocycles. The van der Waals surface area contributed by atoms with Crippen molar-refractivity contribution < 1.29 is 24.3 Å². The summed E-state index contributed by atoms with van der Waals surface area (Å²) in [4.78, 5) is 48.0. The van der Waals surface area contributed by atoms with Gasteiger partial charge >= 0.3 is 5.97 Å². The maximum absolute atomic E-state index is 12.4. The van der Waals surface area contributed by atoms with E-state index in [1.54, 1.807) is 24.3 Å². The molecule has 0 aromatic heterocycles. The summed E-state index contributed by atoms with van der Waals surface area (Å²) in [6, 6.07) is 18.9. The number of anilines is 1. The molecule has 0 aliphatic rings. The van der Waals surface area contributed by atoms with Crippen LogP contribution < -0.4 is 16.2 Å². The molecule has 0 saturated carbocycles. The molecule has 4 N–H and O–H groups in total. The minimum atomic E-state index is -1.25. The zero-order valence-electron chi connectivity index (χ0n) is 16.5. The molecule has 3 amide bonds. The third kappa shape index (κ3) is 5.13. The van der Waals surface area contributed by atoms with Gasteiger partial charge in [0.05, 0.1) is 11.1 Å². The fraction of sp³-hybridized carbons (Fsp3) is 0.0435. The lowest BCUT2D eigenvalue weighted by atomic mass is 10.1. The Labute approximate surface area is 177 Å². The van der Waals surface area contributed by atoms with Gasteiger partial charge in [-0.05, 0) is 55.0 Å². The summed E-state index contributed by atoms with van der Waals surface area (Å²) < 4.78 is 0. The summed E-state index contributed by atoms with van der Waals surface area (Å²) >= 11 is 0. The number of carboxylic acids is 1. The Morgan fingerprint density at radius 2 is 1.19 bits per heavy atom. The number of amides is 3. The van der Waals surface area contributed by atoms with Gasteiger partial charge in [-0.25, -0.2) is 4.79 Å². The zero-order chi connectivity index (χ0) is 22.4. The van der Waals surface area contributed by atoms with Crippen molar-refractivity contribution in [2.24, 2.45) is 0 Å². The van der Waals surface area contributed by atoms with Crippen molar-refractivity contribution in [3.63, 3.8) is 0 Å². The molecule has 8 heteroatoms. The summed E-state index contributed by atoms with van der Waals surface area (Å²) in [5.41, 5.74) is 6.31. The molecule has 0 atom stereocenters. The van der Waals surface area contributed by atoms with Gasteiger partial charge in [-0.1, -0.05) is 30.3 Å². The second kappa shape index (κ2) is 9.36. The number of hydrogen-bond donors (Lipinski definition) is 4. The van der Waals surface area contributed by atoms with E-state index in [0.29, 0.717) is 11.3 Å². The summed E-state index contributed by atoms with van der Waals surface area (Å²) in [6.07, 6.45) is 0. The molecule has 0 heterocycles. The first-order valence-electron chi connectivity index (χ1n) is 9.27. The van der Waals surface area contributed by atoms with E-state index in [1.807, 2.05) is 19.1 Å². The molecule has 0 bridgehead atoms. The lowest BCUT2D eigenvalue weighted by Crippen LogP contribution is -2.42. The highest BCUT2D eigenvalue weighted by molar-refractivity contribution is 6.07. The monoisotopic (exact) mass is 417 g/mol. The van der Waals surface area contributed by atoms with Gasteiger partial charge in [-0.2, -0.15) is 0 Å². The Bertz CT molecular complexity index is 1160. The molecule has 0 aliphatic heterocycles. The van der Waals surface area contributed by atoms with Crippen molar-refractivity contribution in [1.82, 2.24) is 10.9 Å². The van der Waals surface area contributed by atoms with Crippen LogP contribution in [0, 0.1) is 6.92 Å². The Hall–Kier alpha value is -4.46. The molecule has 3 rings (SSSR count). The number of aromatic carboxylic acids is 1. The molecule has 3 aromatic rings. The minimum Gasteiger partial charge on any atom is -0.478 e. The fourth-order valence-corrected chi connectivity index (χ4v) is 2.85. The van der Waals surface area contributed by atoms with Crippen LogP contribution in [0.1, 0.15) is 47.0 Å². The standard InChI is InChI=1S/C23H19N3O5/c1-14-6-2-3-7-17(14)21(28)24-16-12-10-15(11-13-16)20(27)25-26-22(29)18-8-4-5-9-19(18)23(30)31/h2-13H,1H3,(H,24,28)(H,25,27)(H,26,29)(H,30,31). The van der Waals surface area contributed by atoms with Crippen molar-refractivity contribution in [3.05, 3.63) is 101 Å². The van der Waals surface area contributed by atoms with Gasteiger partial charge in [-0.3, -0.25) is 25.2 Å². The number of hydrazine groups is 1. The van der Waals surface area contributed by atoms with Crippen LogP contribution in [0.4, 0.5) is 5.69 Å². The van der Waals surface area contributed by atoms with Crippen molar-refractivity contribution >= 4 is 29.4 Å². The molecule has 0 spiro atoms. The van der Waals surface area contributed by atoms with Gasteiger partial charge < -0.3 is 10.4 Å². The van der Waals surface area contributed by atoms with Crippen molar-refractivity contribution in [3.8, 4) is 0 Å². The third-order valence-corrected chi connectivity index (χ3v) is 4.49. The highest BCUT2D eigenvalue weighted by Crippen LogP contribution is 2.14. The van der Waals surface area contributed by atoms with Crippen LogP contribution in [0.5, 0.6) is 0 Å². The van der Waals surface area contributed by atoms with E-state index in [1.165, 1.54) is 36.4 Å². The first-order chi connectivity index (χ1) is 14.9. The summed E-state index contributed by atoms with van der Waals surface area (Å²) in [5, 5.41) is 11.9. The zero-order valence-corrected chi connectivity index (χ0v) is 16.5. The fourth-order valence-electron chi connectivity index (χ4n) is 2.85. The molecule has 0 unspecified atom stereocenters. The lowest BCUT2D eigenvalue weighted by Gasteiger charge is -2.10. The van der Waals surface area contributed by atoms with Crippen LogP contribution in [0.2, 0.25) is 0 Å². The van der Waals surface area contributed by atoms with Gasteiger partial charge in [0.25, 0.3) is 17.7 Å². The lowest BCUT2D eigenvalue weighted by molar-refractivity contribution is 0.0690. The maximum Gasteiger partial charge on any atom is 0.336 e. The maximum atomic E-state index is 12.4. The average Bonchev–Trinajstić information content (AvgIpc) is 2.78. The van der Waals surface area contributed by atoms with E-state index in [9.17, 15) is 19.2 Å². The van der Waals surface area contributed by atoms with Crippen LogP contribution in [0.15, 0.2) is 72.8 Å². The van der Waals surface area contributed by atoms with E-state index in [0.717, 1.165) is 5.56 Å². The first kappa shape index (κ1) is 21.3. The van der Waals surface area contributed by atoms with Gasteiger partial charge in [0, 0.05) is 16.8 Å². The quantitative estimate of drug-likeness (QED) is 0.475. The second-order valence-corrected chi connectivity index (χ2v) is 6.61. The number of nitrogens with one attached hydrogen (secondary N) is 3. The molecule has 8 nitrogen and oxygen atoms in total. The third-order valence-electron chi connectivity index (χ3n) is 4.49. The predicted octanol–water partition coefficient (Wildman–Crippen LogP) is 3.02. The molecule has 0 radical (unpaired) electrons. The number of carbonyl (C=O) groups excluding carboxylic acids is 3. The Balaban J connectivity index is 1.61. The Kier molecular flexibility index (Phi) is 6.42. The van der Waals surface area contributed by atoms with Crippen molar-refractivity contribution in [2.45, 2.75) is 6.92 Å². The van der Waals surface area contributed by atoms with Gasteiger partial charge in [0.1, 0.15) is 0 Å². The molecule has 156 valence electrons. The van der Waals surface area contributed by atoms with Crippen molar-refractivity contribution in [2.75, 3.05) is 5.32 Å². The van der Waals surface area contributed by atoms with Crippen LogP contribution in [-0.4, -0.2) is 28.8 Å². The highest BCUT2D eigenvalue weighted by Gasteiger charge is 2.16. The van der Waals surface area contributed by atoms with Gasteiger partial charge in [0.15, 0.2) is 0 Å². The van der Waals surface area contributed by atoms with Crippen LogP contribution in [0.25, 0.3) is 0 Å². The predicted molar refractivity (Wildman–Crippen MR) is 114 cm³/mol. The first-order valence-corrected chi connectivity index (χ1v) is 9.27. The van der Waals surface area contributed by atoms with E-state index >= 15 is 0 Å². The Morgan fingerprint density at radius 3 is 1.81 bits per heavy atom. The number of rotatable bonds is 5. The molecular formula is C23H19N3O5. The number of carbonyl (C=O) groups is 4. The Morgan fingerprint density at radius 1 is 0.645 bits per heavy atom. The molecule has 31 heavy (non-hydrogen) atoms. The topological polar surface area (TPSA) is 125 Å². The van der Waals surface area contributed by atoms with Crippen LogP contribution >= 0.6 is 0 Å².